The highest BCUT2D eigenvalue weighted by molar-refractivity contribution is 7.13. The molecule has 0 saturated carbocycles. The van der Waals surface area contributed by atoms with Gasteiger partial charge in [-0.1, -0.05) is 18.3 Å². The van der Waals surface area contributed by atoms with Gasteiger partial charge >= 0.3 is 5.00 Å². The van der Waals surface area contributed by atoms with E-state index in [-0.39, 0.29) is 29.4 Å². The third kappa shape index (κ3) is 3.89. The number of amides is 1. The lowest BCUT2D eigenvalue weighted by atomic mass is 9.95. The molecule has 2 atom stereocenters. The summed E-state index contributed by atoms with van der Waals surface area (Å²) in [6.45, 7) is 3.85. The fourth-order valence-electron chi connectivity index (χ4n) is 2.02. The van der Waals surface area contributed by atoms with Gasteiger partial charge in [-0.25, -0.2) is 0 Å². The van der Waals surface area contributed by atoms with Crippen molar-refractivity contribution in [3.63, 3.8) is 0 Å². The standard InChI is InChI=1S/C11H15N3O3S.ClH/c1-7-5-12-3-2-9(7)13-11(15)8-4-10(14(16)17)18-6-8;/h4,6-7,9,12H,2-3,5H2,1H3,(H,13,15);1H. The molecule has 2 heterocycles. The Morgan fingerprint density at radius 2 is 2.37 bits per heavy atom. The molecule has 19 heavy (non-hydrogen) atoms. The van der Waals surface area contributed by atoms with Gasteiger partial charge in [-0.2, -0.15) is 0 Å². The molecule has 0 radical (unpaired) electrons. The van der Waals surface area contributed by atoms with Crippen LogP contribution in [0.3, 0.4) is 0 Å². The minimum absolute atomic E-state index is 0. The number of piperidine rings is 1. The summed E-state index contributed by atoms with van der Waals surface area (Å²) in [5, 5.41) is 18.3. The molecule has 1 amide bonds. The normalized spacial score (nSPS) is 22.4. The van der Waals surface area contributed by atoms with Crippen molar-refractivity contribution in [1.29, 1.82) is 0 Å². The van der Waals surface area contributed by atoms with Crippen molar-refractivity contribution < 1.29 is 9.72 Å². The third-order valence-corrected chi connectivity index (χ3v) is 4.01. The van der Waals surface area contributed by atoms with Gasteiger partial charge in [0, 0.05) is 17.5 Å². The minimum atomic E-state index is -0.478. The van der Waals surface area contributed by atoms with E-state index in [4.69, 9.17) is 0 Å². The van der Waals surface area contributed by atoms with Gasteiger partial charge in [0.1, 0.15) is 0 Å². The molecule has 1 saturated heterocycles. The number of carbonyl (C=O) groups is 1. The molecule has 106 valence electrons. The number of carbonyl (C=O) groups excluding carboxylic acids is 1. The summed E-state index contributed by atoms with van der Waals surface area (Å²) >= 11 is 0.977. The molecule has 0 aliphatic carbocycles. The Kier molecular flexibility index (Phi) is 5.71. The highest BCUT2D eigenvalue weighted by Crippen LogP contribution is 2.23. The maximum atomic E-state index is 11.9. The summed E-state index contributed by atoms with van der Waals surface area (Å²) in [7, 11) is 0. The van der Waals surface area contributed by atoms with Gasteiger partial charge in [-0.3, -0.25) is 14.9 Å². The minimum Gasteiger partial charge on any atom is -0.349 e. The first-order valence-electron chi connectivity index (χ1n) is 5.82. The molecule has 6 nitrogen and oxygen atoms in total. The van der Waals surface area contributed by atoms with Crippen LogP contribution in [0.2, 0.25) is 0 Å². The average molecular weight is 306 g/mol. The van der Waals surface area contributed by atoms with E-state index >= 15 is 0 Å². The molecule has 1 fully saturated rings. The summed E-state index contributed by atoms with van der Waals surface area (Å²) < 4.78 is 0. The Labute approximate surface area is 121 Å². The molecule has 1 aliphatic rings. The van der Waals surface area contributed by atoms with E-state index in [0.29, 0.717) is 11.5 Å². The first-order chi connectivity index (χ1) is 8.58. The average Bonchev–Trinajstić information content (AvgIpc) is 2.81. The van der Waals surface area contributed by atoms with Gasteiger partial charge in [0.05, 0.1) is 10.5 Å². The number of halogens is 1. The summed E-state index contributed by atoms with van der Waals surface area (Å²) in [5.74, 6) is 0.148. The number of hydrogen-bond acceptors (Lipinski definition) is 5. The van der Waals surface area contributed by atoms with Crippen molar-refractivity contribution >= 4 is 34.7 Å². The molecule has 8 heteroatoms. The van der Waals surface area contributed by atoms with Crippen LogP contribution in [0.4, 0.5) is 5.00 Å². The van der Waals surface area contributed by atoms with Gasteiger partial charge in [0.15, 0.2) is 0 Å². The van der Waals surface area contributed by atoms with Crippen LogP contribution < -0.4 is 10.6 Å². The van der Waals surface area contributed by atoms with E-state index in [1.165, 1.54) is 11.4 Å². The van der Waals surface area contributed by atoms with Crippen LogP contribution in [0.1, 0.15) is 23.7 Å². The monoisotopic (exact) mass is 305 g/mol. The zero-order valence-electron chi connectivity index (χ0n) is 10.4. The van der Waals surface area contributed by atoms with Crippen molar-refractivity contribution in [3.8, 4) is 0 Å². The summed E-state index contributed by atoms with van der Waals surface area (Å²) in [5.41, 5.74) is 0.373. The molecule has 2 unspecified atom stereocenters. The predicted octanol–water partition coefficient (Wildman–Crippen LogP) is 1.81. The smallest absolute Gasteiger partial charge is 0.324 e. The Hall–Kier alpha value is -1.18. The van der Waals surface area contributed by atoms with Gasteiger partial charge in [0.2, 0.25) is 0 Å². The second kappa shape index (κ2) is 6.83. The van der Waals surface area contributed by atoms with Crippen LogP contribution in [-0.4, -0.2) is 30.0 Å². The van der Waals surface area contributed by atoms with Gasteiger partial charge in [-0.05, 0) is 25.4 Å². The number of nitrogens with one attached hydrogen (secondary N) is 2. The van der Waals surface area contributed by atoms with E-state index in [1.807, 2.05) is 0 Å². The van der Waals surface area contributed by atoms with E-state index in [2.05, 4.69) is 17.6 Å². The molecule has 2 rings (SSSR count). The van der Waals surface area contributed by atoms with Crippen LogP contribution in [0, 0.1) is 16.0 Å². The molecule has 0 bridgehead atoms. The number of nitrogens with zero attached hydrogens (tertiary/aromatic N) is 1. The van der Waals surface area contributed by atoms with Gasteiger partial charge < -0.3 is 10.6 Å². The van der Waals surface area contributed by atoms with E-state index in [9.17, 15) is 14.9 Å². The fourth-order valence-corrected chi connectivity index (χ4v) is 2.72. The van der Waals surface area contributed by atoms with Crippen LogP contribution in [0.25, 0.3) is 0 Å². The zero-order valence-corrected chi connectivity index (χ0v) is 12.1. The SMILES string of the molecule is CC1CNCCC1NC(=O)c1csc([N+](=O)[O-])c1.Cl. The largest absolute Gasteiger partial charge is 0.349 e. The highest BCUT2D eigenvalue weighted by Gasteiger charge is 2.24. The van der Waals surface area contributed by atoms with Crippen molar-refractivity contribution in [3.05, 3.63) is 27.1 Å². The maximum absolute atomic E-state index is 11.9. The molecule has 0 spiro atoms. The lowest BCUT2D eigenvalue weighted by Crippen LogP contribution is -2.48. The highest BCUT2D eigenvalue weighted by atomic mass is 35.5. The Bertz CT molecular complexity index is 466. The number of hydrogen-bond donors (Lipinski definition) is 2. The lowest BCUT2D eigenvalue weighted by Gasteiger charge is -2.30. The van der Waals surface area contributed by atoms with Crippen molar-refractivity contribution in [1.82, 2.24) is 10.6 Å². The van der Waals surface area contributed by atoms with Crippen LogP contribution in [-0.2, 0) is 0 Å². The van der Waals surface area contributed by atoms with E-state index in [0.717, 1.165) is 30.8 Å². The lowest BCUT2D eigenvalue weighted by molar-refractivity contribution is -0.380. The number of thiophene rings is 1. The second-order valence-corrected chi connectivity index (χ2v) is 5.37. The Balaban J connectivity index is 0.00000180. The molecule has 2 N–H and O–H groups in total. The zero-order chi connectivity index (χ0) is 13.1. The van der Waals surface area contributed by atoms with Crippen LogP contribution >= 0.6 is 23.7 Å². The van der Waals surface area contributed by atoms with Gasteiger partial charge in [-0.15, -0.1) is 12.4 Å². The molecular formula is C11H16ClN3O3S. The van der Waals surface area contributed by atoms with Crippen molar-refractivity contribution in [2.24, 2.45) is 5.92 Å². The summed E-state index contributed by atoms with van der Waals surface area (Å²) in [4.78, 5) is 22.0. The molecular weight excluding hydrogens is 290 g/mol. The quantitative estimate of drug-likeness (QED) is 0.659. The molecule has 1 aromatic rings. The van der Waals surface area contributed by atoms with Crippen molar-refractivity contribution in [2.75, 3.05) is 13.1 Å². The Morgan fingerprint density at radius 1 is 1.63 bits per heavy atom. The summed E-state index contributed by atoms with van der Waals surface area (Å²) in [6, 6.07) is 1.46. The molecule has 1 aromatic heterocycles. The fraction of sp³-hybridized carbons (Fsp3) is 0.545. The van der Waals surface area contributed by atoms with E-state index in [1.54, 1.807) is 0 Å². The number of rotatable bonds is 3. The Morgan fingerprint density at radius 3 is 2.95 bits per heavy atom. The maximum Gasteiger partial charge on any atom is 0.324 e. The second-order valence-electron chi connectivity index (χ2n) is 4.48. The first kappa shape index (κ1) is 15.9. The van der Waals surface area contributed by atoms with E-state index < -0.39 is 4.92 Å². The summed E-state index contributed by atoms with van der Waals surface area (Å²) in [6.07, 6.45) is 0.888. The molecule has 1 aliphatic heterocycles. The predicted molar refractivity (Wildman–Crippen MR) is 76.1 cm³/mol. The first-order valence-corrected chi connectivity index (χ1v) is 6.70. The topological polar surface area (TPSA) is 84.3 Å². The third-order valence-electron chi connectivity index (χ3n) is 3.13. The van der Waals surface area contributed by atoms with Crippen molar-refractivity contribution in [2.45, 2.75) is 19.4 Å². The van der Waals surface area contributed by atoms with Gasteiger partial charge in [0.25, 0.3) is 5.91 Å². The number of nitro groups is 1. The molecule has 0 aromatic carbocycles. The van der Waals surface area contributed by atoms with Crippen LogP contribution in [0.15, 0.2) is 11.4 Å². The van der Waals surface area contributed by atoms with Crippen LogP contribution in [0.5, 0.6) is 0 Å².